The Balaban J connectivity index is 2.19. The average Bonchev–Trinajstić information content (AvgIpc) is 2.64. The molecule has 136 valence electrons. The summed E-state index contributed by atoms with van der Waals surface area (Å²) in [5.74, 6) is -0.240. The van der Waals surface area contributed by atoms with Crippen molar-refractivity contribution in [2.24, 2.45) is 0 Å². The first-order chi connectivity index (χ1) is 12.4. The fourth-order valence-corrected chi connectivity index (χ4v) is 2.41. The van der Waals surface area contributed by atoms with E-state index in [1.165, 1.54) is 13.2 Å². The number of hydrogen-bond acceptors (Lipinski definition) is 5. The lowest BCUT2D eigenvalue weighted by Crippen LogP contribution is -2.10. The summed E-state index contributed by atoms with van der Waals surface area (Å²) in [6, 6.07) is 9.90. The van der Waals surface area contributed by atoms with E-state index in [1.807, 2.05) is 0 Å². The van der Waals surface area contributed by atoms with Gasteiger partial charge in [0.25, 0.3) is 0 Å². The van der Waals surface area contributed by atoms with Crippen LogP contribution in [0.1, 0.15) is 15.9 Å². The maximum atomic E-state index is 12.2. The summed E-state index contributed by atoms with van der Waals surface area (Å²) >= 11 is 6.13. The second-order valence-electron chi connectivity index (χ2n) is 5.14. The van der Waals surface area contributed by atoms with Gasteiger partial charge in [0, 0.05) is 5.56 Å². The number of ether oxygens (including phenoxy) is 3. The van der Waals surface area contributed by atoms with E-state index >= 15 is 0 Å². The van der Waals surface area contributed by atoms with E-state index in [1.54, 1.807) is 49.6 Å². The highest BCUT2D eigenvalue weighted by Crippen LogP contribution is 2.36. The lowest BCUT2D eigenvalue weighted by Gasteiger charge is -2.11. The molecule has 0 unspecified atom stereocenters. The van der Waals surface area contributed by atoms with Gasteiger partial charge in [-0.2, -0.15) is 0 Å². The van der Waals surface area contributed by atoms with Crippen molar-refractivity contribution >= 4 is 29.4 Å². The van der Waals surface area contributed by atoms with E-state index in [2.05, 4.69) is 0 Å². The molecule has 0 fully saturated rings. The Morgan fingerprint density at radius 1 is 1.12 bits per heavy atom. The lowest BCUT2D eigenvalue weighted by atomic mass is 10.1. The zero-order valence-corrected chi connectivity index (χ0v) is 14.9. The third kappa shape index (κ3) is 5.00. The van der Waals surface area contributed by atoms with Crippen LogP contribution in [0.5, 0.6) is 17.2 Å². The van der Waals surface area contributed by atoms with Crippen LogP contribution in [0.25, 0.3) is 6.08 Å². The zero-order chi connectivity index (χ0) is 19.1. The van der Waals surface area contributed by atoms with Gasteiger partial charge in [0.05, 0.1) is 19.2 Å². The second kappa shape index (κ2) is 8.92. The summed E-state index contributed by atoms with van der Waals surface area (Å²) in [6.07, 6.45) is 2.99. The highest BCUT2D eigenvalue weighted by atomic mass is 35.5. The summed E-state index contributed by atoms with van der Waals surface area (Å²) in [5.41, 5.74) is 1.12. The Kier molecular flexibility index (Phi) is 6.63. The van der Waals surface area contributed by atoms with Gasteiger partial charge in [-0.15, -0.1) is 0 Å². The second-order valence-corrected chi connectivity index (χ2v) is 5.55. The minimum absolute atomic E-state index is 0.134. The molecular weight excluding hydrogens is 360 g/mol. The van der Waals surface area contributed by atoms with Gasteiger partial charge in [-0.1, -0.05) is 17.7 Å². The molecule has 0 aromatic heterocycles. The summed E-state index contributed by atoms with van der Waals surface area (Å²) in [4.78, 5) is 22.9. The van der Waals surface area contributed by atoms with E-state index in [9.17, 15) is 9.59 Å². The first kappa shape index (κ1) is 19.3. The molecule has 0 bridgehead atoms. The van der Waals surface area contributed by atoms with Crippen molar-refractivity contribution in [1.29, 1.82) is 0 Å². The first-order valence-corrected chi connectivity index (χ1v) is 7.91. The molecule has 0 aliphatic rings. The fourth-order valence-electron chi connectivity index (χ4n) is 2.13. The van der Waals surface area contributed by atoms with Gasteiger partial charge >= 0.3 is 5.97 Å². The molecule has 1 N–H and O–H groups in total. The Morgan fingerprint density at radius 2 is 1.81 bits per heavy atom. The third-order valence-electron chi connectivity index (χ3n) is 3.39. The largest absolute Gasteiger partial charge is 0.497 e. The molecule has 26 heavy (non-hydrogen) atoms. The van der Waals surface area contributed by atoms with Crippen LogP contribution in [0, 0.1) is 0 Å². The van der Waals surface area contributed by atoms with Crippen molar-refractivity contribution in [3.63, 3.8) is 0 Å². The summed E-state index contributed by atoms with van der Waals surface area (Å²) in [5, 5.41) is 8.89. The van der Waals surface area contributed by atoms with Crippen LogP contribution in [-0.4, -0.2) is 37.7 Å². The molecule has 0 heterocycles. The number of carbonyl (C=O) groups is 2. The van der Waals surface area contributed by atoms with Gasteiger partial charge in [-0.3, -0.25) is 4.79 Å². The Morgan fingerprint density at radius 3 is 2.38 bits per heavy atom. The summed E-state index contributed by atoms with van der Waals surface area (Å²) < 4.78 is 15.4. The topological polar surface area (TPSA) is 82.1 Å². The van der Waals surface area contributed by atoms with Crippen molar-refractivity contribution < 1.29 is 28.9 Å². The van der Waals surface area contributed by atoms with E-state index in [4.69, 9.17) is 30.9 Å². The lowest BCUT2D eigenvalue weighted by molar-refractivity contribution is -0.139. The number of halogens is 1. The number of hydrogen-bond donors (Lipinski definition) is 1. The monoisotopic (exact) mass is 376 g/mol. The average molecular weight is 377 g/mol. The molecule has 0 aliphatic heterocycles. The van der Waals surface area contributed by atoms with E-state index in [0.29, 0.717) is 16.9 Å². The SMILES string of the molecule is COc1ccc(C(=O)/C=C/c2cc(Cl)c(OCC(=O)O)c(OC)c2)cc1. The van der Waals surface area contributed by atoms with Crippen molar-refractivity contribution in [2.75, 3.05) is 20.8 Å². The molecule has 0 radical (unpaired) electrons. The van der Waals surface area contributed by atoms with Crippen LogP contribution < -0.4 is 14.2 Å². The highest BCUT2D eigenvalue weighted by molar-refractivity contribution is 6.32. The number of ketones is 1. The van der Waals surface area contributed by atoms with Crippen LogP contribution in [0.15, 0.2) is 42.5 Å². The number of carbonyl (C=O) groups excluding carboxylic acids is 1. The van der Waals surface area contributed by atoms with Gasteiger partial charge in [-0.05, 0) is 48.0 Å². The quantitative estimate of drug-likeness (QED) is 0.558. The molecule has 0 amide bonds. The van der Waals surface area contributed by atoms with Crippen LogP contribution in [-0.2, 0) is 4.79 Å². The van der Waals surface area contributed by atoms with Gasteiger partial charge in [-0.25, -0.2) is 4.79 Å². The van der Waals surface area contributed by atoms with Crippen molar-refractivity contribution in [3.8, 4) is 17.2 Å². The van der Waals surface area contributed by atoms with E-state index in [-0.39, 0.29) is 22.3 Å². The molecular formula is C19H17ClO6. The number of allylic oxidation sites excluding steroid dienone is 1. The Hall–Kier alpha value is -2.99. The maximum absolute atomic E-state index is 12.2. The summed E-state index contributed by atoms with van der Waals surface area (Å²) in [7, 11) is 2.97. The zero-order valence-electron chi connectivity index (χ0n) is 14.2. The van der Waals surface area contributed by atoms with Crippen molar-refractivity contribution in [1.82, 2.24) is 0 Å². The normalized spacial score (nSPS) is 10.6. The third-order valence-corrected chi connectivity index (χ3v) is 3.67. The van der Waals surface area contributed by atoms with Gasteiger partial charge in [0.2, 0.25) is 0 Å². The molecule has 2 rings (SSSR count). The van der Waals surface area contributed by atoms with E-state index in [0.717, 1.165) is 0 Å². The van der Waals surface area contributed by atoms with Crippen molar-refractivity contribution in [2.45, 2.75) is 0 Å². The number of benzene rings is 2. The Labute approximate surface area is 155 Å². The molecule has 0 aliphatic carbocycles. The number of aliphatic carboxylic acids is 1. The first-order valence-electron chi connectivity index (χ1n) is 7.53. The van der Waals surface area contributed by atoms with Crippen LogP contribution in [0.4, 0.5) is 0 Å². The van der Waals surface area contributed by atoms with Gasteiger partial charge in [0.15, 0.2) is 23.9 Å². The number of rotatable bonds is 8. The Bertz CT molecular complexity index is 827. The van der Waals surface area contributed by atoms with Crippen molar-refractivity contribution in [3.05, 3.63) is 58.6 Å². The number of methoxy groups -OCH3 is 2. The molecule has 0 atom stereocenters. The van der Waals surface area contributed by atoms with Crippen LogP contribution in [0.2, 0.25) is 5.02 Å². The predicted octanol–water partition coefficient (Wildman–Crippen LogP) is 3.72. The highest BCUT2D eigenvalue weighted by Gasteiger charge is 2.13. The van der Waals surface area contributed by atoms with Gasteiger partial charge in [0.1, 0.15) is 5.75 Å². The van der Waals surface area contributed by atoms with Gasteiger partial charge < -0.3 is 19.3 Å². The smallest absolute Gasteiger partial charge is 0.341 e. The molecule has 0 saturated heterocycles. The standard InChI is InChI=1S/C19H17ClO6/c1-24-14-6-4-13(5-7-14)16(21)8-3-12-9-15(20)19(17(10-12)25-2)26-11-18(22)23/h3-10H,11H2,1-2H3,(H,22,23)/b8-3+. The minimum Gasteiger partial charge on any atom is -0.497 e. The minimum atomic E-state index is -1.13. The molecule has 0 spiro atoms. The van der Waals surface area contributed by atoms with E-state index < -0.39 is 12.6 Å². The summed E-state index contributed by atoms with van der Waals surface area (Å²) in [6.45, 7) is -0.540. The maximum Gasteiger partial charge on any atom is 0.341 e. The van der Waals surface area contributed by atoms with Crippen LogP contribution >= 0.6 is 11.6 Å². The molecule has 2 aromatic rings. The molecule has 6 nitrogen and oxygen atoms in total. The fraction of sp³-hybridized carbons (Fsp3) is 0.158. The number of carboxylic acid groups (broad SMARTS) is 1. The molecule has 0 saturated carbocycles. The molecule has 2 aromatic carbocycles. The number of carboxylic acids is 1. The molecule has 7 heteroatoms. The predicted molar refractivity (Wildman–Crippen MR) is 97.5 cm³/mol. The van der Waals surface area contributed by atoms with Crippen LogP contribution in [0.3, 0.4) is 0 Å².